The van der Waals surface area contributed by atoms with Crippen molar-refractivity contribution in [1.82, 2.24) is 24.8 Å². The number of anilines is 2. The third-order valence-electron chi connectivity index (χ3n) is 6.27. The van der Waals surface area contributed by atoms with E-state index < -0.39 is 0 Å². The number of aromatic nitrogens is 3. The number of rotatable bonds is 6. The monoisotopic (exact) mass is 458 g/mol. The highest BCUT2D eigenvalue weighted by atomic mass is 19.1. The second kappa shape index (κ2) is 9.61. The zero-order chi connectivity index (χ0) is 23.5. The van der Waals surface area contributed by atoms with Crippen molar-refractivity contribution in [1.29, 1.82) is 0 Å². The molecule has 0 atom stereocenters. The maximum Gasteiger partial charge on any atom is 0.251 e. The zero-order valence-electron chi connectivity index (χ0n) is 19.0. The van der Waals surface area contributed by atoms with Gasteiger partial charge in [-0.15, -0.1) is 5.10 Å². The van der Waals surface area contributed by atoms with E-state index in [1.54, 1.807) is 22.7 Å². The predicted octanol–water partition coefficient (Wildman–Crippen LogP) is 4.35. The number of amides is 1. The van der Waals surface area contributed by atoms with Gasteiger partial charge in [0.25, 0.3) is 5.91 Å². The lowest BCUT2D eigenvalue weighted by molar-refractivity contribution is 0.0939. The molecule has 1 aliphatic rings. The first-order chi connectivity index (χ1) is 16.5. The number of nitrogens with zero attached hydrogens (tertiary/aromatic N) is 4. The summed E-state index contributed by atoms with van der Waals surface area (Å²) in [5, 5.41) is 10.8. The summed E-state index contributed by atoms with van der Waals surface area (Å²) < 4.78 is 15.4. The van der Waals surface area contributed by atoms with Gasteiger partial charge < -0.3 is 15.5 Å². The van der Waals surface area contributed by atoms with Crippen molar-refractivity contribution in [3.8, 4) is 11.3 Å². The fraction of sp³-hybridized carbons (Fsp3) is 0.269. The zero-order valence-corrected chi connectivity index (χ0v) is 19.0. The number of benzene rings is 2. The van der Waals surface area contributed by atoms with Gasteiger partial charge in [-0.05, 0) is 87.4 Å². The minimum absolute atomic E-state index is 0.0592. The first-order valence-corrected chi connectivity index (χ1v) is 11.5. The molecule has 1 fully saturated rings. The molecule has 5 rings (SSSR count). The normalized spacial score (nSPS) is 14.9. The number of halogens is 1. The van der Waals surface area contributed by atoms with E-state index >= 15 is 0 Å². The topological polar surface area (TPSA) is 74.6 Å². The van der Waals surface area contributed by atoms with Crippen LogP contribution in [0.5, 0.6) is 0 Å². The molecule has 2 N–H and O–H groups in total. The van der Waals surface area contributed by atoms with Crippen LogP contribution in [0.25, 0.3) is 16.9 Å². The van der Waals surface area contributed by atoms with Gasteiger partial charge in [0.15, 0.2) is 5.65 Å². The van der Waals surface area contributed by atoms with Crippen LogP contribution in [0.4, 0.5) is 16.0 Å². The van der Waals surface area contributed by atoms with Crippen molar-refractivity contribution in [3.63, 3.8) is 0 Å². The van der Waals surface area contributed by atoms with E-state index in [0.717, 1.165) is 42.9 Å². The third kappa shape index (κ3) is 4.92. The number of nitrogens with one attached hydrogen (secondary N) is 2. The summed E-state index contributed by atoms with van der Waals surface area (Å²) in [4.78, 5) is 19.4. The Morgan fingerprint density at radius 2 is 1.82 bits per heavy atom. The largest absolute Gasteiger partial charge is 0.352 e. The van der Waals surface area contributed by atoms with Crippen LogP contribution in [0.2, 0.25) is 0 Å². The van der Waals surface area contributed by atoms with E-state index in [9.17, 15) is 9.18 Å². The van der Waals surface area contributed by atoms with E-state index in [2.05, 4.69) is 32.7 Å². The molecule has 0 unspecified atom stereocenters. The Balaban J connectivity index is 1.25. The van der Waals surface area contributed by atoms with Crippen molar-refractivity contribution in [2.24, 2.45) is 5.92 Å². The summed E-state index contributed by atoms with van der Waals surface area (Å²) in [5.74, 6) is 0.599. The Bertz CT molecular complexity index is 1290. The number of carbonyl (C=O) groups is 1. The number of carbonyl (C=O) groups excluding carboxylic acids is 1. The molecule has 34 heavy (non-hydrogen) atoms. The standard InChI is InChI=1S/C26H27FN6O/c1-32-14-12-18(13-15-32)17-28-25(34)19-8-10-22(11-9-19)29-26-30-24-7-3-6-23(33(24)31-26)20-4-2-5-21(27)16-20/h2-11,16,18H,12-15,17H2,1H3,(H,28,34)(H,29,31). The van der Waals surface area contributed by atoms with Crippen LogP contribution in [-0.2, 0) is 0 Å². The molecule has 0 aliphatic carbocycles. The Hall–Kier alpha value is -3.78. The highest BCUT2D eigenvalue weighted by Gasteiger charge is 2.17. The number of fused-ring (bicyclic) bond motifs is 1. The SMILES string of the molecule is CN1CCC(CNC(=O)c2ccc(Nc3nc4cccc(-c5cccc(F)c5)n4n3)cc2)CC1. The Morgan fingerprint density at radius 3 is 2.59 bits per heavy atom. The van der Waals surface area contributed by atoms with Gasteiger partial charge in [0, 0.05) is 23.4 Å². The maximum absolute atomic E-state index is 13.7. The van der Waals surface area contributed by atoms with Gasteiger partial charge in [0.1, 0.15) is 5.82 Å². The van der Waals surface area contributed by atoms with E-state index in [4.69, 9.17) is 0 Å². The molecule has 8 heteroatoms. The lowest BCUT2D eigenvalue weighted by Crippen LogP contribution is -2.36. The molecular formula is C26H27FN6O. The van der Waals surface area contributed by atoms with Crippen molar-refractivity contribution in [2.45, 2.75) is 12.8 Å². The second-order valence-electron chi connectivity index (χ2n) is 8.79. The van der Waals surface area contributed by atoms with Crippen molar-refractivity contribution in [3.05, 3.63) is 78.1 Å². The van der Waals surface area contributed by atoms with Gasteiger partial charge in [-0.3, -0.25) is 4.79 Å². The number of likely N-dealkylation sites (tertiary alicyclic amines) is 1. The Morgan fingerprint density at radius 1 is 1.06 bits per heavy atom. The molecule has 0 saturated carbocycles. The van der Waals surface area contributed by atoms with Crippen LogP contribution < -0.4 is 10.6 Å². The predicted molar refractivity (Wildman–Crippen MR) is 131 cm³/mol. The number of pyridine rings is 1. The molecule has 0 spiro atoms. The van der Waals surface area contributed by atoms with Gasteiger partial charge in [-0.1, -0.05) is 18.2 Å². The molecule has 1 aliphatic heterocycles. The summed E-state index contributed by atoms with van der Waals surface area (Å²) in [6.07, 6.45) is 2.24. The average molecular weight is 459 g/mol. The lowest BCUT2D eigenvalue weighted by atomic mass is 9.97. The fourth-order valence-corrected chi connectivity index (χ4v) is 4.26. The van der Waals surface area contributed by atoms with Gasteiger partial charge in [0.05, 0.1) is 5.69 Å². The van der Waals surface area contributed by atoms with E-state index in [1.165, 1.54) is 12.1 Å². The van der Waals surface area contributed by atoms with Gasteiger partial charge in [0.2, 0.25) is 5.95 Å². The van der Waals surface area contributed by atoms with Crippen molar-refractivity contribution in [2.75, 3.05) is 32.0 Å². The molecule has 2 aromatic heterocycles. The number of hydrogen-bond acceptors (Lipinski definition) is 5. The smallest absolute Gasteiger partial charge is 0.251 e. The van der Waals surface area contributed by atoms with Crippen molar-refractivity contribution >= 4 is 23.2 Å². The van der Waals surface area contributed by atoms with Crippen LogP contribution in [0.1, 0.15) is 23.2 Å². The van der Waals surface area contributed by atoms with Crippen molar-refractivity contribution < 1.29 is 9.18 Å². The Kier molecular flexibility index (Phi) is 6.22. The number of hydrogen-bond donors (Lipinski definition) is 2. The molecule has 1 amide bonds. The van der Waals surface area contributed by atoms with Crippen LogP contribution in [0.15, 0.2) is 66.7 Å². The molecule has 2 aromatic carbocycles. The molecule has 0 bridgehead atoms. The second-order valence-corrected chi connectivity index (χ2v) is 8.79. The molecule has 174 valence electrons. The highest BCUT2D eigenvalue weighted by molar-refractivity contribution is 5.94. The fourth-order valence-electron chi connectivity index (χ4n) is 4.26. The van der Waals surface area contributed by atoms with E-state index in [-0.39, 0.29) is 11.7 Å². The molecular weight excluding hydrogens is 431 g/mol. The number of piperidine rings is 1. The summed E-state index contributed by atoms with van der Waals surface area (Å²) in [7, 11) is 2.13. The van der Waals surface area contributed by atoms with Gasteiger partial charge >= 0.3 is 0 Å². The van der Waals surface area contributed by atoms with Gasteiger partial charge in [-0.25, -0.2) is 8.91 Å². The maximum atomic E-state index is 13.7. The summed E-state index contributed by atoms with van der Waals surface area (Å²) in [6, 6.07) is 19.2. The minimum Gasteiger partial charge on any atom is -0.352 e. The quantitative estimate of drug-likeness (QED) is 0.449. The van der Waals surface area contributed by atoms with Crippen LogP contribution in [0, 0.1) is 11.7 Å². The minimum atomic E-state index is -0.302. The summed E-state index contributed by atoms with van der Waals surface area (Å²) in [5.41, 5.74) is 3.51. The summed E-state index contributed by atoms with van der Waals surface area (Å²) in [6.45, 7) is 2.88. The molecule has 3 heterocycles. The third-order valence-corrected chi connectivity index (χ3v) is 6.27. The molecule has 1 saturated heterocycles. The first-order valence-electron chi connectivity index (χ1n) is 11.5. The molecule has 4 aromatic rings. The van der Waals surface area contributed by atoms with Crippen LogP contribution in [-0.4, -0.2) is 52.1 Å². The van der Waals surface area contributed by atoms with Crippen LogP contribution in [0.3, 0.4) is 0 Å². The molecule has 7 nitrogen and oxygen atoms in total. The van der Waals surface area contributed by atoms with E-state index in [1.807, 2.05) is 36.4 Å². The van der Waals surface area contributed by atoms with E-state index in [0.29, 0.717) is 29.6 Å². The van der Waals surface area contributed by atoms with Crippen LogP contribution >= 0.6 is 0 Å². The summed E-state index contributed by atoms with van der Waals surface area (Å²) >= 11 is 0. The Labute approximate surface area is 197 Å². The molecule has 0 radical (unpaired) electrons. The van der Waals surface area contributed by atoms with Gasteiger partial charge in [-0.2, -0.15) is 4.98 Å². The first kappa shape index (κ1) is 22.0. The average Bonchev–Trinajstić information content (AvgIpc) is 3.26. The lowest BCUT2D eigenvalue weighted by Gasteiger charge is -2.28. The highest BCUT2D eigenvalue weighted by Crippen LogP contribution is 2.23.